The van der Waals surface area contributed by atoms with Crippen LogP contribution in [0, 0.1) is 5.82 Å². The van der Waals surface area contributed by atoms with Crippen molar-refractivity contribution in [2.24, 2.45) is 0 Å². The summed E-state index contributed by atoms with van der Waals surface area (Å²) in [6, 6.07) is 28.8. The molecule has 8 nitrogen and oxygen atoms in total. The topological polar surface area (TPSA) is 89.3 Å². The monoisotopic (exact) mass is 593 g/mol. The maximum atomic E-state index is 14.0. The van der Waals surface area contributed by atoms with Crippen LogP contribution >= 0.6 is 11.8 Å². The van der Waals surface area contributed by atoms with E-state index in [1.807, 2.05) is 72.8 Å². The highest BCUT2D eigenvalue weighted by Gasteiger charge is 2.37. The fourth-order valence-electron chi connectivity index (χ4n) is 5.02. The SMILES string of the molecule is COc1ccc(-n2nc(-c3ccccc3)c3c2N(CC(=O)NCc2ccccn2)C(=O)CS[C@@H]3c2ccc(F)cc2)cc1. The second-order valence-electron chi connectivity index (χ2n) is 9.88. The fourth-order valence-corrected chi connectivity index (χ4v) is 6.22. The number of rotatable bonds is 8. The van der Waals surface area contributed by atoms with Crippen molar-refractivity contribution in [3.63, 3.8) is 0 Å². The number of benzene rings is 3. The van der Waals surface area contributed by atoms with Crippen LogP contribution in [-0.2, 0) is 16.1 Å². The van der Waals surface area contributed by atoms with Crippen molar-refractivity contribution in [3.8, 4) is 22.7 Å². The average Bonchev–Trinajstić information content (AvgIpc) is 3.38. The van der Waals surface area contributed by atoms with Gasteiger partial charge in [0.15, 0.2) is 0 Å². The predicted octanol–water partition coefficient (Wildman–Crippen LogP) is 5.57. The smallest absolute Gasteiger partial charge is 0.240 e. The number of halogens is 1. The Bertz CT molecular complexity index is 1730. The quantitative estimate of drug-likeness (QED) is 0.253. The number of carbonyl (C=O) groups excluding carboxylic acids is 2. The number of hydrogen-bond donors (Lipinski definition) is 1. The molecular formula is C33H28FN5O3S. The largest absolute Gasteiger partial charge is 0.497 e. The van der Waals surface area contributed by atoms with Gasteiger partial charge in [0.25, 0.3) is 0 Å². The molecule has 3 heterocycles. The number of aromatic nitrogens is 3. The van der Waals surface area contributed by atoms with Crippen LogP contribution in [0.5, 0.6) is 5.75 Å². The molecule has 3 aromatic carbocycles. The summed E-state index contributed by atoms with van der Waals surface area (Å²) in [7, 11) is 1.59. The molecule has 216 valence electrons. The van der Waals surface area contributed by atoms with Crippen LogP contribution in [0.15, 0.2) is 103 Å². The molecular weight excluding hydrogens is 565 g/mol. The number of pyridine rings is 1. The lowest BCUT2D eigenvalue weighted by atomic mass is 9.99. The summed E-state index contributed by atoms with van der Waals surface area (Å²) in [6.07, 6.45) is 1.66. The highest BCUT2D eigenvalue weighted by atomic mass is 32.2. The molecule has 1 N–H and O–H groups in total. The molecule has 43 heavy (non-hydrogen) atoms. The van der Waals surface area contributed by atoms with Crippen molar-refractivity contribution in [2.45, 2.75) is 11.8 Å². The molecule has 0 saturated heterocycles. The molecule has 0 radical (unpaired) electrons. The highest BCUT2D eigenvalue weighted by Crippen LogP contribution is 2.48. The standard InChI is InChI=1S/C33H28FN5O3S/c1-42-27-16-14-26(15-17-27)39-33-30(31(37-39)22-7-3-2-4-8-22)32(23-10-12-24(34)13-11-23)43-21-29(41)38(33)20-28(40)36-19-25-9-5-6-18-35-25/h2-18,32H,19-21H2,1H3,(H,36,40)/t32-/m1/s1. The lowest BCUT2D eigenvalue weighted by Crippen LogP contribution is -2.42. The highest BCUT2D eigenvalue weighted by molar-refractivity contribution is 8.00. The lowest BCUT2D eigenvalue weighted by molar-refractivity contribution is -0.123. The van der Waals surface area contributed by atoms with E-state index in [9.17, 15) is 14.0 Å². The molecule has 1 atom stereocenters. The van der Waals surface area contributed by atoms with Gasteiger partial charge in [-0.2, -0.15) is 5.10 Å². The van der Waals surface area contributed by atoms with Gasteiger partial charge >= 0.3 is 0 Å². The molecule has 0 unspecified atom stereocenters. The van der Waals surface area contributed by atoms with Gasteiger partial charge in [-0.05, 0) is 54.1 Å². The number of amides is 2. The Morgan fingerprint density at radius 1 is 1.00 bits per heavy atom. The number of hydrogen-bond acceptors (Lipinski definition) is 6. The minimum absolute atomic E-state index is 0.112. The zero-order valence-electron chi connectivity index (χ0n) is 23.3. The zero-order valence-corrected chi connectivity index (χ0v) is 24.1. The first-order valence-corrected chi connectivity index (χ1v) is 14.7. The Morgan fingerprint density at radius 3 is 2.44 bits per heavy atom. The lowest BCUT2D eigenvalue weighted by Gasteiger charge is -2.23. The summed E-state index contributed by atoms with van der Waals surface area (Å²) >= 11 is 1.43. The van der Waals surface area contributed by atoms with Crippen molar-refractivity contribution in [3.05, 3.63) is 126 Å². The van der Waals surface area contributed by atoms with E-state index in [-0.39, 0.29) is 41.7 Å². The average molecular weight is 594 g/mol. The second kappa shape index (κ2) is 12.5. The minimum atomic E-state index is -0.358. The molecule has 6 rings (SSSR count). The van der Waals surface area contributed by atoms with E-state index in [4.69, 9.17) is 9.84 Å². The summed E-state index contributed by atoms with van der Waals surface area (Å²) in [4.78, 5) is 32.9. The predicted molar refractivity (Wildman–Crippen MR) is 165 cm³/mol. The molecule has 1 aliphatic heterocycles. The number of methoxy groups -OCH3 is 1. The van der Waals surface area contributed by atoms with Gasteiger partial charge in [0, 0.05) is 17.3 Å². The van der Waals surface area contributed by atoms with Crippen LogP contribution in [0.1, 0.15) is 22.1 Å². The van der Waals surface area contributed by atoms with E-state index in [0.717, 1.165) is 16.7 Å². The molecule has 2 aromatic heterocycles. The van der Waals surface area contributed by atoms with Gasteiger partial charge in [-0.15, -0.1) is 11.8 Å². The number of carbonyl (C=O) groups is 2. The van der Waals surface area contributed by atoms with Gasteiger partial charge < -0.3 is 10.1 Å². The third-order valence-electron chi connectivity index (χ3n) is 7.12. The van der Waals surface area contributed by atoms with E-state index in [2.05, 4.69) is 10.3 Å². The summed E-state index contributed by atoms with van der Waals surface area (Å²) in [5.41, 5.74) is 4.51. The Morgan fingerprint density at radius 2 is 1.74 bits per heavy atom. The van der Waals surface area contributed by atoms with E-state index in [0.29, 0.717) is 28.6 Å². The first kappa shape index (κ1) is 28.2. The van der Waals surface area contributed by atoms with Crippen molar-refractivity contribution in [2.75, 3.05) is 24.3 Å². The number of fused-ring (bicyclic) bond motifs is 1. The summed E-state index contributed by atoms with van der Waals surface area (Å²) in [5, 5.41) is 7.59. The van der Waals surface area contributed by atoms with Gasteiger partial charge in [0.1, 0.15) is 23.9 Å². The van der Waals surface area contributed by atoms with Crippen LogP contribution in [0.4, 0.5) is 10.2 Å². The molecule has 2 amide bonds. The Balaban J connectivity index is 1.51. The fraction of sp³-hybridized carbons (Fsp3) is 0.152. The van der Waals surface area contributed by atoms with Gasteiger partial charge in [-0.1, -0.05) is 48.5 Å². The van der Waals surface area contributed by atoms with Crippen LogP contribution in [0.2, 0.25) is 0 Å². The van der Waals surface area contributed by atoms with Crippen LogP contribution in [-0.4, -0.2) is 46.0 Å². The van der Waals surface area contributed by atoms with Crippen LogP contribution < -0.4 is 15.0 Å². The zero-order chi connectivity index (χ0) is 29.8. The van der Waals surface area contributed by atoms with Gasteiger partial charge in [-0.3, -0.25) is 19.5 Å². The Hall–Kier alpha value is -4.96. The normalized spacial score (nSPS) is 14.6. The Labute approximate surface area is 252 Å². The molecule has 10 heteroatoms. The molecule has 0 saturated carbocycles. The number of ether oxygens (including phenoxy) is 1. The van der Waals surface area contributed by atoms with E-state index in [1.54, 1.807) is 30.1 Å². The number of nitrogens with zero attached hydrogens (tertiary/aromatic N) is 4. The molecule has 0 aliphatic carbocycles. The van der Waals surface area contributed by atoms with E-state index < -0.39 is 0 Å². The van der Waals surface area contributed by atoms with Crippen molar-refractivity contribution in [1.29, 1.82) is 0 Å². The molecule has 0 spiro atoms. The summed E-state index contributed by atoms with van der Waals surface area (Å²) < 4.78 is 21.1. The van der Waals surface area contributed by atoms with Gasteiger partial charge in [0.2, 0.25) is 11.8 Å². The molecule has 0 fully saturated rings. The molecule has 1 aliphatic rings. The van der Waals surface area contributed by atoms with Gasteiger partial charge in [0.05, 0.1) is 41.7 Å². The first-order valence-electron chi connectivity index (χ1n) is 13.7. The second-order valence-corrected chi connectivity index (χ2v) is 11.0. The summed E-state index contributed by atoms with van der Waals surface area (Å²) in [6.45, 7) is 0.0139. The molecule has 5 aromatic rings. The third kappa shape index (κ3) is 6.00. The van der Waals surface area contributed by atoms with Crippen molar-refractivity contribution in [1.82, 2.24) is 20.1 Å². The maximum absolute atomic E-state index is 14.0. The van der Waals surface area contributed by atoms with Crippen molar-refractivity contribution >= 4 is 29.4 Å². The third-order valence-corrected chi connectivity index (χ3v) is 8.38. The number of thioether (sulfide) groups is 1. The van der Waals surface area contributed by atoms with E-state index >= 15 is 0 Å². The first-order chi connectivity index (χ1) is 21.0. The maximum Gasteiger partial charge on any atom is 0.240 e. The summed E-state index contributed by atoms with van der Waals surface area (Å²) in [5.74, 6) is 0.355. The molecule has 0 bridgehead atoms. The van der Waals surface area contributed by atoms with Gasteiger partial charge in [-0.25, -0.2) is 9.07 Å². The van der Waals surface area contributed by atoms with Crippen LogP contribution in [0.3, 0.4) is 0 Å². The number of nitrogens with one attached hydrogen (secondary N) is 1. The minimum Gasteiger partial charge on any atom is -0.497 e. The van der Waals surface area contributed by atoms with Crippen molar-refractivity contribution < 1.29 is 18.7 Å². The van der Waals surface area contributed by atoms with Crippen LogP contribution in [0.25, 0.3) is 16.9 Å². The van der Waals surface area contributed by atoms with E-state index in [1.165, 1.54) is 28.8 Å². The number of anilines is 1. The Kier molecular flexibility index (Phi) is 8.19.